The summed E-state index contributed by atoms with van der Waals surface area (Å²) in [5.41, 5.74) is 0.784. The van der Waals surface area contributed by atoms with Gasteiger partial charge in [-0.15, -0.1) is 5.10 Å². The first kappa shape index (κ1) is 13.2. The van der Waals surface area contributed by atoms with Crippen LogP contribution in [-0.2, 0) is 6.54 Å². The SMILES string of the molecule is OCC1(NCc2nnnn2-c2ccccc2)CCCC1. The zero-order valence-electron chi connectivity index (χ0n) is 11.4. The van der Waals surface area contributed by atoms with Gasteiger partial charge in [0.15, 0.2) is 5.82 Å². The summed E-state index contributed by atoms with van der Waals surface area (Å²) in [6.07, 6.45) is 4.35. The van der Waals surface area contributed by atoms with E-state index in [4.69, 9.17) is 0 Å². The zero-order valence-corrected chi connectivity index (χ0v) is 11.4. The number of rotatable bonds is 5. The minimum Gasteiger partial charge on any atom is -0.394 e. The van der Waals surface area contributed by atoms with Gasteiger partial charge in [0.05, 0.1) is 18.8 Å². The molecule has 6 nitrogen and oxygen atoms in total. The number of nitrogens with one attached hydrogen (secondary N) is 1. The van der Waals surface area contributed by atoms with E-state index in [1.807, 2.05) is 30.3 Å². The van der Waals surface area contributed by atoms with Crippen LogP contribution < -0.4 is 5.32 Å². The van der Waals surface area contributed by atoms with Gasteiger partial charge in [0.1, 0.15) is 0 Å². The van der Waals surface area contributed by atoms with Gasteiger partial charge in [-0.2, -0.15) is 4.68 Å². The highest BCUT2D eigenvalue weighted by Crippen LogP contribution is 2.29. The van der Waals surface area contributed by atoms with E-state index in [-0.39, 0.29) is 12.1 Å². The summed E-state index contributed by atoms with van der Waals surface area (Å²) in [4.78, 5) is 0. The van der Waals surface area contributed by atoms with Gasteiger partial charge in [-0.05, 0) is 35.4 Å². The maximum absolute atomic E-state index is 9.61. The Morgan fingerprint density at radius 1 is 1.20 bits per heavy atom. The molecule has 0 unspecified atom stereocenters. The van der Waals surface area contributed by atoms with Gasteiger partial charge < -0.3 is 10.4 Å². The molecule has 3 rings (SSSR count). The van der Waals surface area contributed by atoms with Crippen molar-refractivity contribution in [2.45, 2.75) is 37.8 Å². The summed E-state index contributed by atoms with van der Waals surface area (Å²) in [6, 6.07) is 9.82. The molecule has 20 heavy (non-hydrogen) atoms. The van der Waals surface area contributed by atoms with E-state index < -0.39 is 0 Å². The van der Waals surface area contributed by atoms with Crippen LogP contribution in [-0.4, -0.2) is 37.5 Å². The first-order valence-electron chi connectivity index (χ1n) is 7.02. The largest absolute Gasteiger partial charge is 0.394 e. The minimum atomic E-state index is -0.159. The molecule has 2 N–H and O–H groups in total. The number of aromatic nitrogens is 4. The molecule has 0 radical (unpaired) electrons. The average molecular weight is 273 g/mol. The fourth-order valence-electron chi connectivity index (χ4n) is 2.79. The summed E-state index contributed by atoms with van der Waals surface area (Å²) in [7, 11) is 0. The molecule has 0 spiro atoms. The Bertz CT molecular complexity index is 548. The van der Waals surface area contributed by atoms with E-state index in [1.165, 1.54) is 0 Å². The quantitative estimate of drug-likeness (QED) is 0.852. The Kier molecular flexibility index (Phi) is 3.75. The predicted octanol–water partition coefficient (Wildman–Crippen LogP) is 1.06. The van der Waals surface area contributed by atoms with Crippen molar-refractivity contribution < 1.29 is 5.11 Å². The van der Waals surface area contributed by atoms with Gasteiger partial charge in [-0.25, -0.2) is 0 Å². The maximum Gasteiger partial charge on any atom is 0.170 e. The minimum absolute atomic E-state index is 0.159. The van der Waals surface area contributed by atoms with Crippen LogP contribution in [0, 0.1) is 0 Å². The van der Waals surface area contributed by atoms with Crippen LogP contribution in [0.4, 0.5) is 0 Å². The van der Waals surface area contributed by atoms with Gasteiger partial charge in [0.25, 0.3) is 0 Å². The van der Waals surface area contributed by atoms with Crippen molar-refractivity contribution in [2.75, 3.05) is 6.61 Å². The third kappa shape index (κ3) is 2.57. The number of aliphatic hydroxyl groups excluding tert-OH is 1. The van der Waals surface area contributed by atoms with Gasteiger partial charge in [0, 0.05) is 5.54 Å². The van der Waals surface area contributed by atoms with Crippen molar-refractivity contribution in [1.82, 2.24) is 25.5 Å². The molecule has 1 aromatic carbocycles. The lowest BCUT2D eigenvalue weighted by Crippen LogP contribution is -2.45. The summed E-state index contributed by atoms with van der Waals surface area (Å²) in [6.45, 7) is 0.725. The Balaban J connectivity index is 1.74. The van der Waals surface area contributed by atoms with E-state index >= 15 is 0 Å². The number of benzene rings is 1. The van der Waals surface area contributed by atoms with Gasteiger partial charge in [-0.3, -0.25) is 0 Å². The summed E-state index contributed by atoms with van der Waals surface area (Å²) in [5, 5.41) is 24.9. The number of hydrogen-bond donors (Lipinski definition) is 2. The highest BCUT2D eigenvalue weighted by atomic mass is 16.3. The number of nitrogens with zero attached hydrogens (tertiary/aromatic N) is 4. The van der Waals surface area contributed by atoms with Crippen LogP contribution in [0.15, 0.2) is 30.3 Å². The third-order valence-electron chi connectivity index (χ3n) is 4.02. The molecule has 0 bridgehead atoms. The highest BCUT2D eigenvalue weighted by Gasteiger charge is 2.32. The molecule has 1 saturated carbocycles. The molecule has 2 aromatic rings. The maximum atomic E-state index is 9.61. The van der Waals surface area contributed by atoms with Crippen molar-refractivity contribution in [1.29, 1.82) is 0 Å². The smallest absolute Gasteiger partial charge is 0.170 e. The molecule has 6 heteroatoms. The van der Waals surface area contributed by atoms with Crippen molar-refractivity contribution >= 4 is 0 Å². The molecule has 1 aliphatic carbocycles. The second-order valence-electron chi connectivity index (χ2n) is 5.34. The lowest BCUT2D eigenvalue weighted by atomic mass is 9.99. The monoisotopic (exact) mass is 273 g/mol. The molecule has 106 valence electrons. The van der Waals surface area contributed by atoms with E-state index in [0.717, 1.165) is 37.2 Å². The second-order valence-corrected chi connectivity index (χ2v) is 5.34. The molecule has 0 atom stereocenters. The van der Waals surface area contributed by atoms with Gasteiger partial charge in [0.2, 0.25) is 0 Å². The lowest BCUT2D eigenvalue weighted by molar-refractivity contribution is 0.162. The zero-order chi connectivity index (χ0) is 13.8. The number of tetrazole rings is 1. The normalized spacial score (nSPS) is 17.4. The van der Waals surface area contributed by atoms with Crippen LogP contribution in [0.1, 0.15) is 31.5 Å². The molecule has 1 aliphatic rings. The molecule has 0 saturated heterocycles. The molecule has 0 aliphatic heterocycles. The summed E-state index contributed by atoms with van der Waals surface area (Å²) < 4.78 is 1.73. The first-order valence-corrected chi connectivity index (χ1v) is 7.02. The lowest BCUT2D eigenvalue weighted by Gasteiger charge is -2.27. The fraction of sp³-hybridized carbons (Fsp3) is 0.500. The van der Waals surface area contributed by atoms with Gasteiger partial charge in [-0.1, -0.05) is 31.0 Å². The van der Waals surface area contributed by atoms with Crippen molar-refractivity contribution in [2.24, 2.45) is 0 Å². The van der Waals surface area contributed by atoms with Crippen molar-refractivity contribution in [3.8, 4) is 5.69 Å². The molecular weight excluding hydrogens is 254 g/mol. The average Bonchev–Trinajstić information content (AvgIpc) is 3.16. The van der Waals surface area contributed by atoms with Crippen LogP contribution in [0.3, 0.4) is 0 Å². The van der Waals surface area contributed by atoms with E-state index in [2.05, 4.69) is 20.8 Å². The Labute approximate surface area is 117 Å². The summed E-state index contributed by atoms with van der Waals surface area (Å²) >= 11 is 0. The Morgan fingerprint density at radius 2 is 1.95 bits per heavy atom. The van der Waals surface area contributed by atoms with Gasteiger partial charge >= 0.3 is 0 Å². The second kappa shape index (κ2) is 5.68. The third-order valence-corrected chi connectivity index (χ3v) is 4.02. The van der Waals surface area contributed by atoms with E-state index in [1.54, 1.807) is 4.68 Å². The van der Waals surface area contributed by atoms with Crippen LogP contribution in [0.25, 0.3) is 5.69 Å². The molecule has 1 fully saturated rings. The van der Waals surface area contributed by atoms with E-state index in [9.17, 15) is 5.11 Å². The number of para-hydroxylation sites is 1. The fourth-order valence-corrected chi connectivity index (χ4v) is 2.79. The Hall–Kier alpha value is -1.79. The highest BCUT2D eigenvalue weighted by molar-refractivity contribution is 5.30. The molecular formula is C14H19N5O. The summed E-state index contributed by atoms with van der Waals surface area (Å²) in [5.74, 6) is 0.760. The Morgan fingerprint density at radius 3 is 2.65 bits per heavy atom. The molecule has 0 amide bonds. The van der Waals surface area contributed by atoms with Crippen LogP contribution in [0.5, 0.6) is 0 Å². The van der Waals surface area contributed by atoms with E-state index in [0.29, 0.717) is 6.54 Å². The predicted molar refractivity (Wildman–Crippen MR) is 74.3 cm³/mol. The number of aliphatic hydroxyl groups is 1. The van der Waals surface area contributed by atoms with Crippen molar-refractivity contribution in [3.63, 3.8) is 0 Å². The topological polar surface area (TPSA) is 75.9 Å². The number of hydrogen-bond acceptors (Lipinski definition) is 5. The van der Waals surface area contributed by atoms with Crippen molar-refractivity contribution in [3.05, 3.63) is 36.2 Å². The molecule has 1 heterocycles. The molecule has 1 aromatic heterocycles. The first-order chi connectivity index (χ1) is 9.83. The standard InChI is InChI=1S/C14H19N5O/c20-11-14(8-4-5-9-14)15-10-13-16-17-18-19(13)12-6-2-1-3-7-12/h1-3,6-7,15,20H,4-5,8-11H2. The van der Waals surface area contributed by atoms with Crippen LogP contribution in [0.2, 0.25) is 0 Å². The van der Waals surface area contributed by atoms with Crippen LogP contribution >= 0.6 is 0 Å².